The molecule has 2 rings (SSSR count). The van der Waals surface area contributed by atoms with Crippen LogP contribution >= 0.6 is 0 Å². The number of aryl methyl sites for hydroxylation is 1. The van der Waals surface area contributed by atoms with E-state index in [1.807, 2.05) is 38.0 Å². The van der Waals surface area contributed by atoms with E-state index < -0.39 is 0 Å². The zero-order chi connectivity index (χ0) is 12.8. The van der Waals surface area contributed by atoms with Crippen molar-refractivity contribution < 1.29 is 0 Å². The minimum absolute atomic E-state index is 0.293. The summed E-state index contributed by atoms with van der Waals surface area (Å²) in [5.74, 6) is 0. The molecular formula is C14H20N4. The van der Waals surface area contributed by atoms with Crippen molar-refractivity contribution in [3.63, 3.8) is 0 Å². The predicted molar refractivity (Wildman–Crippen MR) is 72.2 cm³/mol. The van der Waals surface area contributed by atoms with Gasteiger partial charge in [-0.15, -0.1) is 0 Å². The molecule has 0 saturated heterocycles. The molecule has 1 unspecified atom stereocenters. The molecule has 1 atom stereocenters. The molecule has 2 aromatic heterocycles. The summed E-state index contributed by atoms with van der Waals surface area (Å²) in [7, 11) is 2.03. The van der Waals surface area contributed by atoms with Crippen molar-refractivity contribution in [3.8, 4) is 0 Å². The van der Waals surface area contributed by atoms with E-state index in [0.29, 0.717) is 6.04 Å². The highest BCUT2D eigenvalue weighted by Crippen LogP contribution is 2.17. The first-order valence-corrected chi connectivity index (χ1v) is 6.39. The topological polar surface area (TPSA) is 42.7 Å². The SMILES string of the molecule is CCCNC(Cc1cccnc1)c1cncn1C. The number of hydrogen-bond acceptors (Lipinski definition) is 3. The van der Waals surface area contributed by atoms with Crippen molar-refractivity contribution in [2.45, 2.75) is 25.8 Å². The van der Waals surface area contributed by atoms with Gasteiger partial charge in [-0.1, -0.05) is 13.0 Å². The third-order valence-electron chi connectivity index (χ3n) is 3.01. The number of nitrogens with one attached hydrogen (secondary N) is 1. The highest BCUT2D eigenvalue weighted by molar-refractivity contribution is 5.15. The summed E-state index contributed by atoms with van der Waals surface area (Å²) in [5, 5.41) is 3.57. The fraction of sp³-hybridized carbons (Fsp3) is 0.429. The molecule has 1 N–H and O–H groups in total. The van der Waals surface area contributed by atoms with E-state index in [9.17, 15) is 0 Å². The molecule has 4 heteroatoms. The number of pyridine rings is 1. The van der Waals surface area contributed by atoms with E-state index >= 15 is 0 Å². The largest absolute Gasteiger partial charge is 0.336 e. The molecule has 0 spiro atoms. The van der Waals surface area contributed by atoms with Crippen LogP contribution in [0.25, 0.3) is 0 Å². The summed E-state index contributed by atoms with van der Waals surface area (Å²) >= 11 is 0. The minimum atomic E-state index is 0.293. The summed E-state index contributed by atoms with van der Waals surface area (Å²) in [4.78, 5) is 8.37. The van der Waals surface area contributed by atoms with Crippen LogP contribution in [0.3, 0.4) is 0 Å². The number of hydrogen-bond donors (Lipinski definition) is 1. The fourth-order valence-electron chi connectivity index (χ4n) is 2.06. The van der Waals surface area contributed by atoms with Gasteiger partial charge in [0, 0.05) is 25.6 Å². The maximum atomic E-state index is 4.20. The lowest BCUT2D eigenvalue weighted by Gasteiger charge is -2.19. The van der Waals surface area contributed by atoms with Crippen LogP contribution in [0, 0.1) is 0 Å². The van der Waals surface area contributed by atoms with Gasteiger partial charge in [-0.2, -0.15) is 0 Å². The van der Waals surface area contributed by atoms with Gasteiger partial charge in [0.1, 0.15) is 0 Å². The van der Waals surface area contributed by atoms with Crippen LogP contribution in [0.15, 0.2) is 37.1 Å². The third kappa shape index (κ3) is 3.17. The van der Waals surface area contributed by atoms with Gasteiger partial charge in [0.05, 0.1) is 18.1 Å². The van der Waals surface area contributed by atoms with Gasteiger partial charge in [0.25, 0.3) is 0 Å². The molecule has 0 radical (unpaired) electrons. The molecule has 0 aliphatic heterocycles. The maximum absolute atomic E-state index is 4.20. The number of nitrogens with zero attached hydrogens (tertiary/aromatic N) is 3. The third-order valence-corrected chi connectivity index (χ3v) is 3.01. The molecule has 0 fully saturated rings. The van der Waals surface area contributed by atoms with E-state index in [1.165, 1.54) is 11.3 Å². The molecule has 4 nitrogen and oxygen atoms in total. The van der Waals surface area contributed by atoms with E-state index in [1.54, 1.807) is 0 Å². The summed E-state index contributed by atoms with van der Waals surface area (Å²) < 4.78 is 2.07. The number of imidazole rings is 1. The highest BCUT2D eigenvalue weighted by atomic mass is 15.1. The zero-order valence-corrected chi connectivity index (χ0v) is 11.0. The first kappa shape index (κ1) is 12.8. The van der Waals surface area contributed by atoms with Crippen LogP contribution < -0.4 is 5.32 Å². The standard InChI is InChI=1S/C14H20N4/c1-3-6-17-13(14-10-16-11-18(14)2)8-12-5-4-7-15-9-12/h4-5,7,9-11,13,17H,3,6,8H2,1-2H3. The second-order valence-electron chi connectivity index (χ2n) is 4.50. The van der Waals surface area contributed by atoms with Crippen LogP contribution in [0.2, 0.25) is 0 Å². The molecule has 0 amide bonds. The molecule has 0 aliphatic rings. The zero-order valence-electron chi connectivity index (χ0n) is 11.0. The molecule has 0 saturated carbocycles. The number of aromatic nitrogens is 3. The van der Waals surface area contributed by atoms with E-state index in [0.717, 1.165) is 19.4 Å². The van der Waals surface area contributed by atoms with Crippen molar-refractivity contribution in [1.29, 1.82) is 0 Å². The van der Waals surface area contributed by atoms with Gasteiger partial charge in [-0.3, -0.25) is 4.98 Å². The quantitative estimate of drug-likeness (QED) is 0.846. The highest BCUT2D eigenvalue weighted by Gasteiger charge is 2.14. The van der Waals surface area contributed by atoms with E-state index in [4.69, 9.17) is 0 Å². The Morgan fingerprint density at radius 3 is 2.83 bits per heavy atom. The van der Waals surface area contributed by atoms with Gasteiger partial charge >= 0.3 is 0 Å². The smallest absolute Gasteiger partial charge is 0.0946 e. The van der Waals surface area contributed by atoms with Gasteiger partial charge < -0.3 is 9.88 Å². The molecule has 96 valence electrons. The molecular weight excluding hydrogens is 224 g/mol. The molecule has 0 bridgehead atoms. The van der Waals surface area contributed by atoms with Crippen LogP contribution in [-0.2, 0) is 13.5 Å². The first-order chi connectivity index (χ1) is 8.81. The summed E-state index contributed by atoms with van der Waals surface area (Å²) in [6.07, 6.45) is 9.58. The van der Waals surface area contributed by atoms with Crippen LogP contribution in [0.5, 0.6) is 0 Å². The van der Waals surface area contributed by atoms with Crippen molar-refractivity contribution >= 4 is 0 Å². The van der Waals surface area contributed by atoms with Crippen molar-refractivity contribution in [1.82, 2.24) is 19.9 Å². The average molecular weight is 244 g/mol. The summed E-state index contributed by atoms with van der Waals surface area (Å²) in [6, 6.07) is 4.39. The normalized spacial score (nSPS) is 12.6. The Balaban J connectivity index is 2.13. The summed E-state index contributed by atoms with van der Waals surface area (Å²) in [6.45, 7) is 3.19. The van der Waals surface area contributed by atoms with Gasteiger partial charge in [-0.05, 0) is 31.0 Å². The first-order valence-electron chi connectivity index (χ1n) is 6.39. The summed E-state index contributed by atoms with van der Waals surface area (Å²) in [5.41, 5.74) is 2.46. The van der Waals surface area contributed by atoms with Crippen molar-refractivity contribution in [3.05, 3.63) is 48.3 Å². The second-order valence-corrected chi connectivity index (χ2v) is 4.50. The lowest BCUT2D eigenvalue weighted by Crippen LogP contribution is -2.25. The Labute approximate surface area is 108 Å². The predicted octanol–water partition coefficient (Wildman–Crippen LogP) is 2.10. The van der Waals surface area contributed by atoms with Crippen LogP contribution in [0.1, 0.15) is 30.6 Å². The average Bonchev–Trinajstić information content (AvgIpc) is 2.82. The fourth-order valence-corrected chi connectivity index (χ4v) is 2.06. The molecule has 18 heavy (non-hydrogen) atoms. The lowest BCUT2D eigenvalue weighted by molar-refractivity contribution is 0.503. The monoisotopic (exact) mass is 244 g/mol. The minimum Gasteiger partial charge on any atom is -0.336 e. The Bertz CT molecular complexity index is 464. The van der Waals surface area contributed by atoms with Crippen molar-refractivity contribution in [2.75, 3.05) is 6.54 Å². The van der Waals surface area contributed by atoms with Crippen molar-refractivity contribution in [2.24, 2.45) is 7.05 Å². The van der Waals surface area contributed by atoms with E-state index in [2.05, 4.69) is 32.8 Å². The van der Waals surface area contributed by atoms with Gasteiger partial charge in [0.2, 0.25) is 0 Å². The Kier molecular flexibility index (Phi) is 4.47. The second kappa shape index (κ2) is 6.31. The molecule has 0 aliphatic carbocycles. The maximum Gasteiger partial charge on any atom is 0.0946 e. The Hall–Kier alpha value is -1.68. The van der Waals surface area contributed by atoms with Crippen LogP contribution in [0.4, 0.5) is 0 Å². The van der Waals surface area contributed by atoms with Gasteiger partial charge in [-0.25, -0.2) is 4.98 Å². The lowest BCUT2D eigenvalue weighted by atomic mass is 10.1. The van der Waals surface area contributed by atoms with Gasteiger partial charge in [0.15, 0.2) is 0 Å². The number of rotatable bonds is 6. The van der Waals surface area contributed by atoms with Crippen LogP contribution in [-0.4, -0.2) is 21.1 Å². The van der Waals surface area contributed by atoms with E-state index in [-0.39, 0.29) is 0 Å². The molecule has 2 aromatic rings. The molecule has 0 aromatic carbocycles. The Morgan fingerprint density at radius 1 is 1.33 bits per heavy atom. The Morgan fingerprint density at radius 2 is 2.22 bits per heavy atom. The molecule has 2 heterocycles.